The lowest BCUT2D eigenvalue weighted by Gasteiger charge is -2.33. The molecule has 16 rings (SSSR count). The number of aromatic nitrogens is 2. The van der Waals surface area contributed by atoms with Crippen molar-refractivity contribution in [2.24, 2.45) is 0 Å². The molecule has 0 spiro atoms. The minimum atomic E-state index is 0.575. The molecule has 9 nitrogen and oxygen atoms in total. The zero-order chi connectivity index (χ0) is 56.0. The van der Waals surface area contributed by atoms with Crippen LogP contribution in [-0.4, -0.2) is 9.13 Å². The van der Waals surface area contributed by atoms with Crippen LogP contribution in [0.1, 0.15) is 16.7 Å². The molecule has 390 valence electrons. The van der Waals surface area contributed by atoms with Gasteiger partial charge in [-0.15, -0.1) is 0 Å². The summed E-state index contributed by atoms with van der Waals surface area (Å²) in [6, 6.07) is 103. The molecule has 2 aromatic heterocycles. The van der Waals surface area contributed by atoms with Crippen LogP contribution in [0, 0.1) is 34.0 Å². The number of fused-ring (bicyclic) bond motifs is 12. The van der Waals surface area contributed by atoms with Crippen molar-refractivity contribution in [1.29, 1.82) is 15.8 Å². The summed E-state index contributed by atoms with van der Waals surface area (Å²) in [5.74, 6) is 0. The second kappa shape index (κ2) is 19.0. The van der Waals surface area contributed by atoms with Crippen molar-refractivity contribution in [3.8, 4) is 40.7 Å². The van der Waals surface area contributed by atoms with E-state index in [9.17, 15) is 15.8 Å². The molecule has 0 N–H and O–H groups in total. The van der Waals surface area contributed by atoms with E-state index in [1.165, 1.54) is 0 Å². The summed E-state index contributed by atoms with van der Waals surface area (Å²) in [5.41, 5.74) is 21.3. The quantitative estimate of drug-likeness (QED) is 0.169. The minimum Gasteiger partial charge on any atom is -0.306 e. The van der Waals surface area contributed by atoms with Gasteiger partial charge in [-0.05, 0) is 169 Å². The van der Waals surface area contributed by atoms with E-state index in [1.807, 2.05) is 60.7 Å². The van der Waals surface area contributed by atoms with Crippen LogP contribution in [0.15, 0.2) is 273 Å². The van der Waals surface area contributed by atoms with Crippen LogP contribution in [-0.2, 0) is 0 Å². The third-order valence-corrected chi connectivity index (χ3v) is 16.6. The van der Waals surface area contributed by atoms with Crippen molar-refractivity contribution in [2.45, 2.75) is 0 Å². The Balaban J connectivity index is 0.996. The summed E-state index contributed by atoms with van der Waals surface area (Å²) in [4.78, 5) is 9.40. The number of anilines is 12. The Bertz CT molecular complexity index is 5140. The van der Waals surface area contributed by atoms with E-state index >= 15 is 0 Å². The van der Waals surface area contributed by atoms with Gasteiger partial charge in [-0.3, -0.25) is 0 Å². The highest BCUT2D eigenvalue weighted by Crippen LogP contribution is 2.55. The number of nitriles is 3. The Labute approximate surface area is 484 Å². The molecule has 12 aromatic carbocycles. The molecule has 84 heavy (non-hydrogen) atoms. The minimum absolute atomic E-state index is 0.575. The highest BCUT2D eigenvalue weighted by atomic mass is 15.3. The van der Waals surface area contributed by atoms with E-state index in [2.05, 4.69) is 259 Å². The lowest BCUT2D eigenvalue weighted by molar-refractivity contribution is 1.15. The lowest BCUT2D eigenvalue weighted by Crippen LogP contribution is -2.17. The number of nitrogens with zero attached hydrogens (tertiary/aromatic N) is 9. The molecule has 0 fully saturated rings. The Morgan fingerprint density at radius 2 is 0.607 bits per heavy atom. The van der Waals surface area contributed by atoms with Crippen molar-refractivity contribution in [2.75, 3.05) is 19.6 Å². The Morgan fingerprint density at radius 3 is 1.13 bits per heavy atom. The molecular formula is C75H45N9. The number of hydrogen-bond donors (Lipinski definition) is 0. The summed E-state index contributed by atoms with van der Waals surface area (Å²) < 4.78 is 4.81. The maximum Gasteiger partial charge on any atom is 0.0991 e. The molecule has 0 amide bonds. The lowest BCUT2D eigenvalue weighted by atomic mass is 10.00. The predicted octanol–water partition coefficient (Wildman–Crippen LogP) is 19.7. The van der Waals surface area contributed by atoms with Crippen LogP contribution in [0.25, 0.3) is 66.1 Å². The normalized spacial score (nSPS) is 12.4. The van der Waals surface area contributed by atoms with E-state index in [4.69, 9.17) is 0 Å². The number of para-hydroxylation sites is 10. The van der Waals surface area contributed by atoms with Gasteiger partial charge in [0, 0.05) is 44.3 Å². The molecular weight excluding hydrogens is 1030 g/mol. The first-order valence-corrected chi connectivity index (χ1v) is 27.8. The third kappa shape index (κ3) is 7.26. The molecule has 0 unspecified atom stereocenters. The van der Waals surface area contributed by atoms with Crippen LogP contribution in [0.3, 0.4) is 0 Å². The molecule has 0 saturated carbocycles. The first-order valence-electron chi connectivity index (χ1n) is 27.8. The molecule has 0 aliphatic carbocycles. The molecule has 2 aliphatic heterocycles. The van der Waals surface area contributed by atoms with Crippen molar-refractivity contribution < 1.29 is 0 Å². The van der Waals surface area contributed by atoms with Gasteiger partial charge in [-0.2, -0.15) is 15.8 Å². The molecule has 14 aromatic rings. The Kier molecular flexibility index (Phi) is 10.9. The average Bonchev–Trinajstić information content (AvgIpc) is 1.72. The standard InChI is InChI=1S/C75H45N9/c76-46-49-29-36-56(37-30-49)80-63-21-7-8-22-64(63)81(57-38-31-50(47-77)32-39-57)70-27-13-19-59-58-40-34-52(44-72(58)84(74(59)70)68-26-12-10-24-66(68)80)53-35-42-69-73(45-53)82(55-17-5-2-6-18-55)71-28-14-20-60-61-43-51(48-78)33-41-62(61)83(75(60)71)67-25-11-9-23-65(67)79(69)54-15-3-1-4-16-54/h1-45H. The topological polar surface area (TPSA) is 94.2 Å². The van der Waals surface area contributed by atoms with Crippen LogP contribution in [0.2, 0.25) is 0 Å². The van der Waals surface area contributed by atoms with Gasteiger partial charge in [-0.25, -0.2) is 0 Å². The summed E-state index contributed by atoms with van der Waals surface area (Å²) in [5, 5.41) is 34.5. The summed E-state index contributed by atoms with van der Waals surface area (Å²) in [7, 11) is 0. The van der Waals surface area contributed by atoms with Crippen molar-refractivity contribution >= 4 is 112 Å². The second-order valence-corrected chi connectivity index (χ2v) is 21.1. The van der Waals surface area contributed by atoms with Gasteiger partial charge in [0.1, 0.15) is 0 Å². The van der Waals surface area contributed by atoms with Gasteiger partial charge >= 0.3 is 0 Å². The highest BCUT2D eigenvalue weighted by molar-refractivity contribution is 6.18. The number of hydrogen-bond acceptors (Lipinski definition) is 7. The molecule has 0 bridgehead atoms. The van der Waals surface area contributed by atoms with E-state index in [0.717, 1.165) is 134 Å². The number of benzene rings is 12. The average molecular weight is 1070 g/mol. The van der Waals surface area contributed by atoms with E-state index < -0.39 is 0 Å². The molecule has 0 radical (unpaired) electrons. The first-order chi connectivity index (χ1) is 41.6. The van der Waals surface area contributed by atoms with Gasteiger partial charge in [0.15, 0.2) is 0 Å². The van der Waals surface area contributed by atoms with E-state index in [-0.39, 0.29) is 0 Å². The van der Waals surface area contributed by atoms with Gasteiger partial charge in [-0.1, -0.05) is 115 Å². The fourth-order valence-electron chi connectivity index (χ4n) is 13.0. The summed E-state index contributed by atoms with van der Waals surface area (Å²) >= 11 is 0. The van der Waals surface area contributed by atoms with Crippen LogP contribution < -0.4 is 19.6 Å². The van der Waals surface area contributed by atoms with Crippen molar-refractivity contribution in [3.05, 3.63) is 290 Å². The predicted molar refractivity (Wildman–Crippen MR) is 341 cm³/mol. The second-order valence-electron chi connectivity index (χ2n) is 21.1. The number of rotatable bonds is 5. The van der Waals surface area contributed by atoms with Crippen LogP contribution in [0.4, 0.5) is 68.2 Å². The molecule has 0 atom stereocenters. The van der Waals surface area contributed by atoms with Gasteiger partial charge in [0.2, 0.25) is 0 Å². The van der Waals surface area contributed by atoms with Crippen LogP contribution >= 0.6 is 0 Å². The van der Waals surface area contributed by atoms with Gasteiger partial charge < -0.3 is 28.7 Å². The van der Waals surface area contributed by atoms with E-state index in [1.54, 1.807) is 0 Å². The molecule has 2 aliphatic rings. The molecule has 4 heterocycles. The maximum absolute atomic E-state index is 10.3. The zero-order valence-corrected chi connectivity index (χ0v) is 45.0. The summed E-state index contributed by atoms with van der Waals surface area (Å²) in [6.45, 7) is 0. The highest BCUT2D eigenvalue weighted by Gasteiger charge is 2.33. The van der Waals surface area contributed by atoms with Crippen molar-refractivity contribution in [3.63, 3.8) is 0 Å². The largest absolute Gasteiger partial charge is 0.306 e. The van der Waals surface area contributed by atoms with Gasteiger partial charge in [0.25, 0.3) is 0 Å². The monoisotopic (exact) mass is 1070 g/mol. The molecule has 9 heteroatoms. The Hall–Kier alpha value is -12.1. The maximum atomic E-state index is 10.3. The van der Waals surface area contributed by atoms with Gasteiger partial charge in [0.05, 0.1) is 114 Å². The van der Waals surface area contributed by atoms with E-state index in [0.29, 0.717) is 16.7 Å². The fraction of sp³-hybridized carbons (Fsp3) is 0. The smallest absolute Gasteiger partial charge is 0.0991 e. The first kappa shape index (κ1) is 47.9. The van der Waals surface area contributed by atoms with Crippen molar-refractivity contribution in [1.82, 2.24) is 9.13 Å². The SMILES string of the molecule is N#Cc1ccc(N2c3ccccc3N(c3ccc(C#N)cc3)c3cccc4c5ccc(-c6ccc7c(c6)N(c6ccccc6)c6cccc8c9cc(C#N)ccc9n(c68)-c6ccccc6N7c6ccccc6)cc5n(c34)-c3ccccc32)cc1. The zero-order valence-electron chi connectivity index (χ0n) is 45.0. The summed E-state index contributed by atoms with van der Waals surface area (Å²) in [6.07, 6.45) is 0. The molecule has 0 saturated heterocycles. The van der Waals surface area contributed by atoms with Crippen LogP contribution in [0.5, 0.6) is 0 Å². The third-order valence-electron chi connectivity index (χ3n) is 16.6. The fourth-order valence-corrected chi connectivity index (χ4v) is 13.0. The Morgan fingerprint density at radius 1 is 0.226 bits per heavy atom.